The summed E-state index contributed by atoms with van der Waals surface area (Å²) in [6, 6.07) is 8.16. The summed E-state index contributed by atoms with van der Waals surface area (Å²) in [6.45, 7) is 1.96. The third kappa shape index (κ3) is 4.34. The number of rotatable bonds is 6. The summed E-state index contributed by atoms with van der Waals surface area (Å²) in [5.74, 6) is -2.10. The number of hydrazone groups is 1. The molecule has 2 heterocycles. The topological polar surface area (TPSA) is 49.7 Å². The van der Waals surface area contributed by atoms with Crippen molar-refractivity contribution >= 4 is 46.5 Å². The molecule has 1 unspecified atom stereocenters. The fourth-order valence-electron chi connectivity index (χ4n) is 2.92. The lowest BCUT2D eigenvalue weighted by Crippen LogP contribution is -2.32. The van der Waals surface area contributed by atoms with Crippen LogP contribution in [0.5, 0.6) is 0 Å². The zero-order valence-electron chi connectivity index (χ0n) is 14.7. The highest BCUT2D eigenvalue weighted by Gasteiger charge is 2.38. The Hall–Kier alpha value is -2.31. The SMILES string of the molecule is CCCC1=NN(C(=O)/C=C/c2cccs2)C(=O)C1Cc1c(F)cccc1Cl. The largest absolute Gasteiger partial charge is 0.273 e. The highest BCUT2D eigenvalue weighted by molar-refractivity contribution is 7.10. The Morgan fingerprint density at radius 3 is 2.85 bits per heavy atom. The molecule has 3 rings (SSSR count). The second kappa shape index (κ2) is 8.59. The first-order valence-corrected chi connectivity index (χ1v) is 9.86. The van der Waals surface area contributed by atoms with Crippen LogP contribution in [0.4, 0.5) is 4.39 Å². The average molecular weight is 405 g/mol. The summed E-state index contributed by atoms with van der Waals surface area (Å²) in [7, 11) is 0. The molecule has 0 aliphatic carbocycles. The lowest BCUT2D eigenvalue weighted by atomic mass is 9.92. The number of benzene rings is 1. The van der Waals surface area contributed by atoms with E-state index >= 15 is 0 Å². The van der Waals surface area contributed by atoms with Crippen LogP contribution < -0.4 is 0 Å². The van der Waals surface area contributed by atoms with E-state index < -0.39 is 23.5 Å². The molecule has 2 amide bonds. The van der Waals surface area contributed by atoms with E-state index in [9.17, 15) is 14.0 Å². The van der Waals surface area contributed by atoms with Crippen LogP contribution in [0, 0.1) is 11.7 Å². The first kappa shape index (κ1) is 19.5. The van der Waals surface area contributed by atoms with Gasteiger partial charge in [0, 0.05) is 21.5 Å². The van der Waals surface area contributed by atoms with Crippen molar-refractivity contribution < 1.29 is 14.0 Å². The van der Waals surface area contributed by atoms with Gasteiger partial charge in [0.15, 0.2) is 0 Å². The second-order valence-electron chi connectivity index (χ2n) is 6.14. The van der Waals surface area contributed by atoms with Crippen LogP contribution in [0.2, 0.25) is 5.02 Å². The highest BCUT2D eigenvalue weighted by Crippen LogP contribution is 2.28. The van der Waals surface area contributed by atoms with E-state index in [0.29, 0.717) is 12.1 Å². The first-order chi connectivity index (χ1) is 13.0. The molecule has 140 valence electrons. The Morgan fingerprint density at radius 1 is 1.37 bits per heavy atom. The summed E-state index contributed by atoms with van der Waals surface area (Å²) >= 11 is 7.59. The zero-order chi connectivity index (χ0) is 19.4. The predicted molar refractivity (Wildman–Crippen MR) is 106 cm³/mol. The lowest BCUT2D eigenvalue weighted by Gasteiger charge is -2.13. The lowest BCUT2D eigenvalue weighted by molar-refractivity contribution is -0.141. The van der Waals surface area contributed by atoms with Crippen LogP contribution in [0.15, 0.2) is 46.9 Å². The normalized spacial score (nSPS) is 17.0. The molecule has 0 fully saturated rings. The molecule has 1 aromatic heterocycles. The fraction of sp³-hybridized carbons (Fsp3) is 0.250. The van der Waals surface area contributed by atoms with Gasteiger partial charge in [-0.3, -0.25) is 9.59 Å². The number of carbonyl (C=O) groups is 2. The molecule has 1 atom stereocenters. The van der Waals surface area contributed by atoms with Crippen LogP contribution in [-0.4, -0.2) is 22.5 Å². The summed E-state index contributed by atoms with van der Waals surface area (Å²) < 4.78 is 14.2. The number of carbonyl (C=O) groups excluding carboxylic acids is 2. The Labute approximate surface area is 165 Å². The molecule has 0 N–H and O–H groups in total. The Bertz CT molecular complexity index is 888. The molecule has 27 heavy (non-hydrogen) atoms. The second-order valence-corrected chi connectivity index (χ2v) is 7.52. The molecule has 4 nitrogen and oxygen atoms in total. The smallest absolute Gasteiger partial charge is 0.272 e. The van der Waals surface area contributed by atoms with Gasteiger partial charge in [-0.25, -0.2) is 4.39 Å². The van der Waals surface area contributed by atoms with Gasteiger partial charge in [-0.15, -0.1) is 11.3 Å². The van der Waals surface area contributed by atoms with E-state index in [2.05, 4.69) is 5.10 Å². The molecule has 0 saturated carbocycles. The number of amides is 2. The van der Waals surface area contributed by atoms with E-state index in [1.807, 2.05) is 24.4 Å². The van der Waals surface area contributed by atoms with Gasteiger partial charge in [0.2, 0.25) is 0 Å². The van der Waals surface area contributed by atoms with E-state index in [0.717, 1.165) is 16.3 Å². The zero-order valence-corrected chi connectivity index (χ0v) is 16.3. The quantitative estimate of drug-likeness (QED) is 0.640. The van der Waals surface area contributed by atoms with Crippen LogP contribution in [-0.2, 0) is 16.0 Å². The van der Waals surface area contributed by atoms with Crippen LogP contribution >= 0.6 is 22.9 Å². The van der Waals surface area contributed by atoms with Gasteiger partial charge in [-0.1, -0.05) is 37.1 Å². The van der Waals surface area contributed by atoms with Crippen LogP contribution in [0.3, 0.4) is 0 Å². The Morgan fingerprint density at radius 2 is 2.19 bits per heavy atom. The Kier molecular flexibility index (Phi) is 6.19. The summed E-state index contributed by atoms with van der Waals surface area (Å²) in [5, 5.41) is 7.28. The van der Waals surface area contributed by atoms with Crippen molar-refractivity contribution in [3.05, 3.63) is 63.1 Å². The van der Waals surface area contributed by atoms with Crippen molar-refractivity contribution in [1.82, 2.24) is 5.01 Å². The molecule has 0 saturated heterocycles. The molecule has 1 aliphatic heterocycles. The third-order valence-electron chi connectivity index (χ3n) is 4.26. The van der Waals surface area contributed by atoms with E-state index in [-0.39, 0.29) is 17.0 Å². The van der Waals surface area contributed by atoms with Gasteiger partial charge in [0.1, 0.15) is 5.82 Å². The summed E-state index contributed by atoms with van der Waals surface area (Å²) in [6.07, 6.45) is 4.38. The van der Waals surface area contributed by atoms with Crippen LogP contribution in [0.1, 0.15) is 30.2 Å². The number of nitrogens with zero attached hydrogens (tertiary/aromatic N) is 2. The molecule has 1 aliphatic rings. The predicted octanol–water partition coefficient (Wildman–Crippen LogP) is 4.94. The van der Waals surface area contributed by atoms with Gasteiger partial charge in [-0.05, 0) is 42.5 Å². The molecule has 0 radical (unpaired) electrons. The molecular formula is C20H18ClFN2O2S. The van der Waals surface area contributed by atoms with Gasteiger partial charge in [-0.2, -0.15) is 10.1 Å². The summed E-state index contributed by atoms with van der Waals surface area (Å²) in [5.41, 5.74) is 0.851. The van der Waals surface area contributed by atoms with Crippen molar-refractivity contribution in [3.8, 4) is 0 Å². The fourth-order valence-corrected chi connectivity index (χ4v) is 3.78. The van der Waals surface area contributed by atoms with E-state index in [4.69, 9.17) is 11.6 Å². The monoisotopic (exact) mass is 404 g/mol. The number of hydrogen-bond acceptors (Lipinski definition) is 4. The number of imide groups is 1. The van der Waals surface area contributed by atoms with E-state index in [1.165, 1.54) is 29.5 Å². The minimum absolute atomic E-state index is 0.0849. The average Bonchev–Trinajstić information content (AvgIpc) is 3.26. The molecule has 0 spiro atoms. The first-order valence-electron chi connectivity index (χ1n) is 8.61. The van der Waals surface area contributed by atoms with E-state index in [1.54, 1.807) is 12.1 Å². The molecule has 7 heteroatoms. The summed E-state index contributed by atoms with van der Waals surface area (Å²) in [4.78, 5) is 26.2. The van der Waals surface area contributed by atoms with Gasteiger partial charge >= 0.3 is 0 Å². The minimum Gasteiger partial charge on any atom is -0.272 e. The third-order valence-corrected chi connectivity index (χ3v) is 5.45. The molecular weight excluding hydrogens is 387 g/mol. The van der Waals surface area contributed by atoms with Gasteiger partial charge < -0.3 is 0 Å². The van der Waals surface area contributed by atoms with Crippen molar-refractivity contribution in [2.75, 3.05) is 0 Å². The standard InChI is InChI=1S/C20H18ClFN2O2S/c1-2-5-18-15(12-14-16(21)7-3-8-17(14)22)20(26)24(23-18)19(25)10-9-13-6-4-11-27-13/h3-4,6-11,15H,2,5,12H2,1H3/b10-9+. The number of thiophene rings is 1. The molecule has 1 aromatic carbocycles. The van der Waals surface area contributed by atoms with Crippen molar-refractivity contribution in [3.63, 3.8) is 0 Å². The van der Waals surface area contributed by atoms with Gasteiger partial charge in [0.05, 0.1) is 11.6 Å². The Balaban J connectivity index is 1.82. The van der Waals surface area contributed by atoms with Crippen molar-refractivity contribution in [2.45, 2.75) is 26.2 Å². The maximum Gasteiger partial charge on any atom is 0.273 e. The maximum atomic E-state index is 14.2. The minimum atomic E-state index is -0.682. The highest BCUT2D eigenvalue weighted by atomic mass is 35.5. The number of halogens is 2. The van der Waals surface area contributed by atoms with Crippen molar-refractivity contribution in [1.29, 1.82) is 0 Å². The van der Waals surface area contributed by atoms with Crippen LogP contribution in [0.25, 0.3) is 6.08 Å². The molecule has 2 aromatic rings. The number of hydrogen-bond donors (Lipinski definition) is 0. The molecule has 0 bridgehead atoms. The van der Waals surface area contributed by atoms with Crippen molar-refractivity contribution in [2.24, 2.45) is 11.0 Å². The maximum absolute atomic E-state index is 14.2. The van der Waals surface area contributed by atoms with Gasteiger partial charge in [0.25, 0.3) is 11.8 Å².